The van der Waals surface area contributed by atoms with E-state index >= 15 is 0 Å². The summed E-state index contributed by atoms with van der Waals surface area (Å²) in [6, 6.07) is 4.57. The van der Waals surface area contributed by atoms with E-state index in [1.54, 1.807) is 12.4 Å². The summed E-state index contributed by atoms with van der Waals surface area (Å²) in [4.78, 5) is 17.7. The minimum atomic E-state index is 0.466. The number of pyridine rings is 1. The molecule has 0 amide bonds. The summed E-state index contributed by atoms with van der Waals surface area (Å²) in [5.41, 5.74) is 0. The Morgan fingerprint density at radius 2 is 1.64 bits per heavy atom. The first-order chi connectivity index (χ1) is 10.6. The lowest BCUT2D eigenvalue weighted by molar-refractivity contribution is 0.475. The first-order valence-corrected chi connectivity index (χ1v) is 8.79. The van der Waals surface area contributed by atoms with E-state index in [9.17, 15) is 0 Å². The molecule has 0 aromatic carbocycles. The summed E-state index contributed by atoms with van der Waals surface area (Å²) in [5.74, 6) is 1.83. The maximum Gasteiger partial charge on any atom is 0.225 e. The largest absolute Gasteiger partial charge is 0.356 e. The second kappa shape index (κ2) is 6.91. The third kappa shape index (κ3) is 3.57. The molecule has 0 bridgehead atoms. The van der Waals surface area contributed by atoms with Crippen LogP contribution < -0.4 is 9.80 Å². The van der Waals surface area contributed by atoms with Crippen molar-refractivity contribution in [2.45, 2.75) is 18.9 Å². The van der Waals surface area contributed by atoms with Crippen molar-refractivity contribution in [1.82, 2.24) is 15.0 Å². The van der Waals surface area contributed by atoms with Gasteiger partial charge in [-0.3, -0.25) is 0 Å². The fourth-order valence-electron chi connectivity index (χ4n) is 2.69. The zero-order valence-electron chi connectivity index (χ0n) is 12.3. The van der Waals surface area contributed by atoms with Crippen LogP contribution in [-0.2, 0) is 0 Å². The number of aromatic nitrogens is 3. The molecule has 0 radical (unpaired) electrons. The number of nitrogens with zero attached hydrogens (tertiary/aromatic N) is 5. The van der Waals surface area contributed by atoms with Gasteiger partial charge < -0.3 is 9.80 Å². The molecule has 7 heteroatoms. The molecule has 5 nitrogen and oxygen atoms in total. The van der Waals surface area contributed by atoms with Gasteiger partial charge in [-0.15, -0.1) is 0 Å². The molecule has 0 saturated carbocycles. The van der Waals surface area contributed by atoms with E-state index in [1.165, 1.54) is 0 Å². The minimum absolute atomic E-state index is 0.466. The molecule has 0 spiro atoms. The van der Waals surface area contributed by atoms with Crippen molar-refractivity contribution < 1.29 is 0 Å². The fourth-order valence-corrected chi connectivity index (χ4v) is 3.13. The second-order valence-corrected chi connectivity index (χ2v) is 7.20. The van der Waals surface area contributed by atoms with Crippen molar-refractivity contribution in [3.05, 3.63) is 39.7 Å². The van der Waals surface area contributed by atoms with Gasteiger partial charge >= 0.3 is 0 Å². The molecule has 22 heavy (non-hydrogen) atoms. The molecule has 1 aliphatic heterocycles. The Balaban J connectivity index is 1.61. The number of anilines is 2. The number of halogens is 2. The Kier molecular flexibility index (Phi) is 4.93. The van der Waals surface area contributed by atoms with Crippen LogP contribution in [0.3, 0.4) is 0 Å². The van der Waals surface area contributed by atoms with E-state index in [4.69, 9.17) is 0 Å². The fraction of sp³-hybridized carbons (Fsp3) is 0.400. The van der Waals surface area contributed by atoms with Crippen molar-refractivity contribution in [3.63, 3.8) is 0 Å². The van der Waals surface area contributed by atoms with Crippen molar-refractivity contribution >= 4 is 43.6 Å². The molecule has 0 unspecified atom stereocenters. The Labute approximate surface area is 147 Å². The lowest BCUT2D eigenvalue weighted by atomic mass is 10.0. The maximum atomic E-state index is 4.48. The van der Waals surface area contributed by atoms with E-state index < -0.39 is 0 Å². The number of hydrogen-bond donors (Lipinski definition) is 0. The Bertz CT molecular complexity index is 609. The molecule has 0 atom stereocenters. The molecule has 1 fully saturated rings. The summed E-state index contributed by atoms with van der Waals surface area (Å²) < 4.78 is 1.92. The van der Waals surface area contributed by atoms with E-state index in [0.29, 0.717) is 6.04 Å². The molecule has 0 aliphatic carbocycles. The third-order valence-corrected chi connectivity index (χ3v) is 4.85. The molecule has 1 aliphatic rings. The monoisotopic (exact) mass is 425 g/mol. The molecular weight excluding hydrogens is 410 g/mol. The Hall–Kier alpha value is -1.21. The number of hydrogen-bond acceptors (Lipinski definition) is 5. The predicted octanol–water partition coefficient (Wildman–Crippen LogP) is 3.50. The lowest BCUT2D eigenvalue weighted by Gasteiger charge is -2.37. The van der Waals surface area contributed by atoms with Crippen LogP contribution >= 0.6 is 31.9 Å². The highest BCUT2D eigenvalue weighted by atomic mass is 79.9. The molecule has 3 rings (SSSR count). The van der Waals surface area contributed by atoms with Gasteiger partial charge in [-0.25, -0.2) is 15.0 Å². The standard InChI is InChI=1S/C15H17Br2N5/c1-21(15-19-9-12(17)10-20-15)13-4-6-22(7-5-13)14-3-2-11(16)8-18-14/h2-3,8-10,13H,4-7H2,1H3. The molecule has 3 heterocycles. The number of piperidine rings is 1. The molecule has 1 saturated heterocycles. The topological polar surface area (TPSA) is 45.2 Å². The zero-order chi connectivity index (χ0) is 15.5. The van der Waals surface area contributed by atoms with Crippen molar-refractivity contribution in [2.75, 3.05) is 29.9 Å². The van der Waals surface area contributed by atoms with Crippen LogP contribution in [0, 0.1) is 0 Å². The summed E-state index contributed by atoms with van der Waals surface area (Å²) in [7, 11) is 2.07. The highest BCUT2D eigenvalue weighted by Gasteiger charge is 2.24. The quantitative estimate of drug-likeness (QED) is 0.751. The summed E-state index contributed by atoms with van der Waals surface area (Å²) in [6.45, 7) is 2.00. The first-order valence-electron chi connectivity index (χ1n) is 7.20. The van der Waals surface area contributed by atoms with Gasteiger partial charge in [0, 0.05) is 49.2 Å². The van der Waals surface area contributed by atoms with Crippen LogP contribution in [0.15, 0.2) is 39.7 Å². The number of rotatable bonds is 3. The third-order valence-electron chi connectivity index (χ3n) is 3.97. The highest BCUT2D eigenvalue weighted by Crippen LogP contribution is 2.23. The normalized spacial score (nSPS) is 15.9. The van der Waals surface area contributed by atoms with E-state index in [1.807, 2.05) is 12.3 Å². The molecule has 0 N–H and O–H groups in total. The predicted molar refractivity (Wildman–Crippen MR) is 95.3 cm³/mol. The lowest BCUT2D eigenvalue weighted by Crippen LogP contribution is -2.44. The van der Waals surface area contributed by atoms with E-state index in [0.717, 1.165) is 46.6 Å². The van der Waals surface area contributed by atoms with Crippen LogP contribution in [0.25, 0.3) is 0 Å². The van der Waals surface area contributed by atoms with Crippen LogP contribution in [0.2, 0.25) is 0 Å². The zero-order valence-corrected chi connectivity index (χ0v) is 15.5. The summed E-state index contributed by atoms with van der Waals surface area (Å²) in [6.07, 6.45) is 7.59. The average molecular weight is 427 g/mol. The van der Waals surface area contributed by atoms with Crippen LogP contribution in [0.1, 0.15) is 12.8 Å². The van der Waals surface area contributed by atoms with Gasteiger partial charge in [0.15, 0.2) is 0 Å². The van der Waals surface area contributed by atoms with Gasteiger partial charge in [0.2, 0.25) is 5.95 Å². The smallest absolute Gasteiger partial charge is 0.225 e. The maximum absolute atomic E-state index is 4.48. The Morgan fingerprint density at radius 1 is 1.00 bits per heavy atom. The molecule has 2 aromatic heterocycles. The minimum Gasteiger partial charge on any atom is -0.356 e. The van der Waals surface area contributed by atoms with Gasteiger partial charge in [0.05, 0.1) is 4.47 Å². The van der Waals surface area contributed by atoms with Gasteiger partial charge in [-0.05, 0) is 56.8 Å². The summed E-state index contributed by atoms with van der Waals surface area (Å²) >= 11 is 6.79. The van der Waals surface area contributed by atoms with Crippen LogP contribution in [0.5, 0.6) is 0 Å². The SMILES string of the molecule is CN(c1ncc(Br)cn1)C1CCN(c2ccc(Br)cn2)CC1. The second-order valence-electron chi connectivity index (χ2n) is 5.37. The van der Waals surface area contributed by atoms with Crippen molar-refractivity contribution in [1.29, 1.82) is 0 Å². The molecule has 116 valence electrons. The van der Waals surface area contributed by atoms with Gasteiger partial charge in [-0.2, -0.15) is 0 Å². The van der Waals surface area contributed by atoms with E-state index in [2.05, 4.69) is 69.7 Å². The Morgan fingerprint density at radius 3 is 2.23 bits per heavy atom. The summed E-state index contributed by atoms with van der Waals surface area (Å²) in [5, 5.41) is 0. The van der Waals surface area contributed by atoms with Crippen molar-refractivity contribution in [2.24, 2.45) is 0 Å². The van der Waals surface area contributed by atoms with E-state index in [-0.39, 0.29) is 0 Å². The van der Waals surface area contributed by atoms with Gasteiger partial charge in [0.25, 0.3) is 0 Å². The average Bonchev–Trinajstić information content (AvgIpc) is 2.56. The highest BCUT2D eigenvalue weighted by molar-refractivity contribution is 9.10. The van der Waals surface area contributed by atoms with Crippen LogP contribution in [0.4, 0.5) is 11.8 Å². The van der Waals surface area contributed by atoms with Gasteiger partial charge in [-0.1, -0.05) is 0 Å². The first kappa shape index (κ1) is 15.7. The van der Waals surface area contributed by atoms with Crippen molar-refractivity contribution in [3.8, 4) is 0 Å². The molecule has 2 aromatic rings. The van der Waals surface area contributed by atoms with Gasteiger partial charge in [0.1, 0.15) is 5.82 Å². The van der Waals surface area contributed by atoms with Crippen LogP contribution in [-0.4, -0.2) is 41.1 Å². The molecular formula is C15H17Br2N5.